The van der Waals surface area contributed by atoms with E-state index in [1.807, 2.05) is 30.3 Å². The molecule has 6 nitrogen and oxygen atoms in total. The first-order chi connectivity index (χ1) is 11.2. The zero-order valence-corrected chi connectivity index (χ0v) is 15.2. The number of hydrogen-bond donors (Lipinski definition) is 1. The maximum Gasteiger partial charge on any atom is 0.413 e. The topological polar surface area (TPSA) is 71.5 Å². The predicted octanol–water partition coefficient (Wildman–Crippen LogP) is 4.08. The van der Waals surface area contributed by atoms with Crippen LogP contribution in [0.4, 0.5) is 15.6 Å². The van der Waals surface area contributed by atoms with Gasteiger partial charge in [0.25, 0.3) is 5.91 Å². The maximum absolute atomic E-state index is 12.6. The average Bonchev–Trinajstić information content (AvgIpc) is 2.85. The van der Waals surface area contributed by atoms with Crippen molar-refractivity contribution in [2.24, 2.45) is 0 Å². The first-order valence-corrected chi connectivity index (χ1v) is 8.29. The van der Waals surface area contributed by atoms with Gasteiger partial charge < -0.3 is 9.64 Å². The molecule has 2 amide bonds. The first kappa shape index (κ1) is 17.9. The van der Waals surface area contributed by atoms with Gasteiger partial charge in [0.05, 0.1) is 5.69 Å². The van der Waals surface area contributed by atoms with Crippen molar-refractivity contribution < 1.29 is 14.3 Å². The van der Waals surface area contributed by atoms with Crippen molar-refractivity contribution in [3.8, 4) is 0 Å². The highest BCUT2D eigenvalue weighted by atomic mass is 32.1. The van der Waals surface area contributed by atoms with Gasteiger partial charge in [0.2, 0.25) is 0 Å². The lowest BCUT2D eigenvalue weighted by Crippen LogP contribution is -2.27. The second kappa shape index (κ2) is 7.00. The summed E-state index contributed by atoms with van der Waals surface area (Å²) < 4.78 is 5.19. The molecule has 0 atom stereocenters. The molecule has 24 heavy (non-hydrogen) atoms. The van der Waals surface area contributed by atoms with Gasteiger partial charge in [-0.25, -0.2) is 9.78 Å². The van der Waals surface area contributed by atoms with Crippen LogP contribution in [0.2, 0.25) is 0 Å². The van der Waals surface area contributed by atoms with Gasteiger partial charge in [-0.15, -0.1) is 0 Å². The Balaban J connectivity index is 2.14. The molecule has 1 heterocycles. The zero-order valence-electron chi connectivity index (χ0n) is 14.4. The Bertz CT molecular complexity index is 735. The number of carbonyl (C=O) groups excluding carboxylic acids is 2. The molecule has 0 saturated heterocycles. The number of thiazole rings is 1. The van der Waals surface area contributed by atoms with Gasteiger partial charge in [0.15, 0.2) is 5.13 Å². The van der Waals surface area contributed by atoms with Gasteiger partial charge in [-0.05, 0) is 39.8 Å². The molecule has 1 aromatic heterocycles. The second-order valence-electron chi connectivity index (χ2n) is 6.26. The van der Waals surface area contributed by atoms with Crippen LogP contribution >= 0.6 is 11.3 Å². The van der Waals surface area contributed by atoms with Crippen LogP contribution < -0.4 is 10.2 Å². The summed E-state index contributed by atoms with van der Waals surface area (Å²) >= 11 is 1.13. The molecule has 0 aliphatic heterocycles. The molecule has 0 aliphatic rings. The third kappa shape index (κ3) is 4.55. The third-order valence-corrected chi connectivity index (χ3v) is 4.11. The maximum atomic E-state index is 12.6. The molecule has 0 aliphatic carbocycles. The highest BCUT2D eigenvalue weighted by Gasteiger charge is 2.22. The van der Waals surface area contributed by atoms with Crippen LogP contribution in [0, 0.1) is 6.92 Å². The van der Waals surface area contributed by atoms with Crippen LogP contribution in [0.5, 0.6) is 0 Å². The summed E-state index contributed by atoms with van der Waals surface area (Å²) in [5, 5.41) is 2.91. The SMILES string of the molecule is Cc1nc(NC(=O)OC(C)(C)C)sc1C(=O)N(C)c1ccccc1. The quantitative estimate of drug-likeness (QED) is 0.908. The van der Waals surface area contributed by atoms with E-state index < -0.39 is 11.7 Å². The van der Waals surface area contributed by atoms with E-state index in [1.165, 1.54) is 0 Å². The van der Waals surface area contributed by atoms with Crippen molar-refractivity contribution in [1.29, 1.82) is 0 Å². The molecular formula is C17H21N3O3S. The van der Waals surface area contributed by atoms with Crippen LogP contribution in [0.25, 0.3) is 0 Å². The number of carbonyl (C=O) groups is 2. The van der Waals surface area contributed by atoms with Crippen LogP contribution in [-0.4, -0.2) is 29.6 Å². The monoisotopic (exact) mass is 347 g/mol. The van der Waals surface area contributed by atoms with E-state index in [1.54, 1.807) is 39.6 Å². The number of nitrogens with zero attached hydrogens (tertiary/aromatic N) is 2. The predicted molar refractivity (Wildman–Crippen MR) is 95.9 cm³/mol. The number of amides is 2. The van der Waals surface area contributed by atoms with Gasteiger partial charge in [-0.2, -0.15) is 0 Å². The molecule has 7 heteroatoms. The summed E-state index contributed by atoms with van der Waals surface area (Å²) in [5.41, 5.74) is 0.763. The van der Waals surface area contributed by atoms with Crippen LogP contribution in [0.1, 0.15) is 36.1 Å². The molecule has 1 aromatic carbocycles. The van der Waals surface area contributed by atoms with Gasteiger partial charge >= 0.3 is 6.09 Å². The van der Waals surface area contributed by atoms with Crippen LogP contribution in [-0.2, 0) is 4.74 Å². The number of hydrogen-bond acceptors (Lipinski definition) is 5. The number of anilines is 2. The smallest absolute Gasteiger partial charge is 0.413 e. The molecule has 0 spiro atoms. The molecule has 0 fully saturated rings. The highest BCUT2D eigenvalue weighted by Crippen LogP contribution is 2.26. The normalized spacial score (nSPS) is 11.0. The number of nitrogens with one attached hydrogen (secondary N) is 1. The van der Waals surface area contributed by atoms with E-state index in [4.69, 9.17) is 4.74 Å². The van der Waals surface area contributed by atoms with Crippen molar-refractivity contribution in [3.63, 3.8) is 0 Å². The summed E-state index contributed by atoms with van der Waals surface area (Å²) in [7, 11) is 1.71. The summed E-state index contributed by atoms with van der Waals surface area (Å²) in [6, 6.07) is 9.34. The van der Waals surface area contributed by atoms with E-state index in [0.717, 1.165) is 17.0 Å². The Morgan fingerprint density at radius 3 is 2.42 bits per heavy atom. The summed E-state index contributed by atoms with van der Waals surface area (Å²) in [4.78, 5) is 30.7. The minimum atomic E-state index is -0.595. The van der Waals surface area contributed by atoms with E-state index in [0.29, 0.717) is 15.7 Å². The Labute approximate surface area is 145 Å². The fraction of sp³-hybridized carbons (Fsp3) is 0.353. The third-order valence-electron chi connectivity index (χ3n) is 3.05. The molecule has 2 rings (SSSR count). The minimum Gasteiger partial charge on any atom is -0.444 e. The fourth-order valence-electron chi connectivity index (χ4n) is 1.96. The summed E-state index contributed by atoms with van der Waals surface area (Å²) in [6.07, 6.45) is -0.591. The van der Waals surface area contributed by atoms with E-state index >= 15 is 0 Å². The Hall–Kier alpha value is -2.41. The Kier molecular flexibility index (Phi) is 5.23. The number of rotatable bonds is 3. The van der Waals surface area contributed by atoms with Crippen molar-refractivity contribution in [3.05, 3.63) is 40.9 Å². The molecule has 0 radical (unpaired) electrons. The molecule has 1 N–H and O–H groups in total. The minimum absolute atomic E-state index is 0.173. The van der Waals surface area contributed by atoms with Crippen molar-refractivity contribution in [1.82, 2.24) is 4.98 Å². The summed E-state index contributed by atoms with van der Waals surface area (Å²) in [6.45, 7) is 7.08. The number of aryl methyl sites for hydroxylation is 1. The van der Waals surface area contributed by atoms with E-state index in [9.17, 15) is 9.59 Å². The molecule has 0 unspecified atom stereocenters. The lowest BCUT2D eigenvalue weighted by molar-refractivity contribution is 0.0635. The van der Waals surface area contributed by atoms with E-state index in [-0.39, 0.29) is 5.91 Å². The molecular weight excluding hydrogens is 326 g/mol. The number of benzene rings is 1. The van der Waals surface area contributed by atoms with Crippen molar-refractivity contribution in [2.75, 3.05) is 17.3 Å². The number of para-hydroxylation sites is 1. The lowest BCUT2D eigenvalue weighted by Gasteiger charge is -2.18. The highest BCUT2D eigenvalue weighted by molar-refractivity contribution is 7.17. The number of ether oxygens (including phenoxy) is 1. The molecule has 2 aromatic rings. The standard InChI is InChI=1S/C17H21N3O3S/c1-11-13(14(21)20(5)12-9-7-6-8-10-12)24-15(18-11)19-16(22)23-17(2,3)4/h6-10H,1-5H3,(H,18,19,22). The number of aromatic nitrogens is 1. The molecule has 0 saturated carbocycles. The van der Waals surface area contributed by atoms with Gasteiger partial charge in [0, 0.05) is 12.7 Å². The molecule has 0 bridgehead atoms. The summed E-state index contributed by atoms with van der Waals surface area (Å²) in [5.74, 6) is -0.173. The van der Waals surface area contributed by atoms with Crippen LogP contribution in [0.3, 0.4) is 0 Å². The van der Waals surface area contributed by atoms with E-state index in [2.05, 4.69) is 10.3 Å². The van der Waals surface area contributed by atoms with Gasteiger partial charge in [-0.3, -0.25) is 10.1 Å². The fourth-order valence-corrected chi connectivity index (χ4v) is 2.89. The Morgan fingerprint density at radius 2 is 1.83 bits per heavy atom. The second-order valence-corrected chi connectivity index (χ2v) is 7.26. The van der Waals surface area contributed by atoms with Crippen molar-refractivity contribution >= 4 is 34.2 Å². The van der Waals surface area contributed by atoms with Crippen molar-refractivity contribution in [2.45, 2.75) is 33.3 Å². The Morgan fingerprint density at radius 1 is 1.21 bits per heavy atom. The zero-order chi connectivity index (χ0) is 17.9. The average molecular weight is 347 g/mol. The molecule has 128 valence electrons. The van der Waals surface area contributed by atoms with Gasteiger partial charge in [-0.1, -0.05) is 29.5 Å². The van der Waals surface area contributed by atoms with Gasteiger partial charge in [0.1, 0.15) is 10.5 Å². The van der Waals surface area contributed by atoms with Crippen LogP contribution in [0.15, 0.2) is 30.3 Å². The lowest BCUT2D eigenvalue weighted by atomic mass is 10.2. The largest absolute Gasteiger partial charge is 0.444 e. The first-order valence-electron chi connectivity index (χ1n) is 7.48.